The monoisotopic (exact) mass is 331 g/mol. The van der Waals surface area contributed by atoms with Gasteiger partial charge in [-0.15, -0.1) is 0 Å². The van der Waals surface area contributed by atoms with Crippen LogP contribution >= 0.6 is 0 Å². The molecule has 3 aromatic rings. The average molecular weight is 332 g/mol. The standard InChI is InChI=1S/C22H23N.C2H6/c1-3-18(2)19-14-16-22(17-15-19)23(20-10-6-4-7-11-20)21-12-8-5-9-13-21;1-2/h4-18H,3H2,1-2H3;1-2H3. The van der Waals surface area contributed by atoms with E-state index in [4.69, 9.17) is 0 Å². The molecule has 0 aliphatic heterocycles. The minimum absolute atomic E-state index is 0.603. The van der Waals surface area contributed by atoms with Crippen molar-refractivity contribution < 1.29 is 0 Å². The summed E-state index contributed by atoms with van der Waals surface area (Å²) in [6.45, 7) is 8.51. The van der Waals surface area contributed by atoms with Gasteiger partial charge in [-0.3, -0.25) is 0 Å². The number of hydrogen-bond acceptors (Lipinski definition) is 1. The van der Waals surface area contributed by atoms with Crippen LogP contribution < -0.4 is 4.90 Å². The average Bonchev–Trinajstić information content (AvgIpc) is 2.71. The highest BCUT2D eigenvalue weighted by Gasteiger charge is 2.12. The number of nitrogens with zero attached hydrogens (tertiary/aromatic N) is 1. The van der Waals surface area contributed by atoms with E-state index in [0.29, 0.717) is 5.92 Å². The van der Waals surface area contributed by atoms with Crippen LogP contribution in [0, 0.1) is 0 Å². The molecular weight excluding hydrogens is 302 g/mol. The molecule has 1 atom stereocenters. The lowest BCUT2D eigenvalue weighted by Crippen LogP contribution is -2.09. The molecule has 0 saturated carbocycles. The van der Waals surface area contributed by atoms with Crippen molar-refractivity contribution in [3.8, 4) is 0 Å². The molecular formula is C24H29N. The summed E-state index contributed by atoms with van der Waals surface area (Å²) < 4.78 is 0. The van der Waals surface area contributed by atoms with Crippen molar-refractivity contribution in [2.75, 3.05) is 4.90 Å². The van der Waals surface area contributed by atoms with Gasteiger partial charge in [-0.05, 0) is 54.3 Å². The predicted octanol–water partition coefficient (Wildman–Crippen LogP) is 7.70. The number of rotatable bonds is 5. The summed E-state index contributed by atoms with van der Waals surface area (Å²) in [4.78, 5) is 2.29. The molecule has 1 unspecified atom stereocenters. The lowest BCUT2D eigenvalue weighted by atomic mass is 9.98. The predicted molar refractivity (Wildman–Crippen MR) is 111 cm³/mol. The SMILES string of the molecule is CC.CCC(C)c1ccc(N(c2ccccc2)c2ccccc2)cc1. The van der Waals surface area contributed by atoms with Gasteiger partial charge in [0.25, 0.3) is 0 Å². The molecule has 25 heavy (non-hydrogen) atoms. The van der Waals surface area contributed by atoms with Crippen LogP contribution in [0.1, 0.15) is 45.6 Å². The Hall–Kier alpha value is -2.54. The number of para-hydroxylation sites is 2. The van der Waals surface area contributed by atoms with Crippen molar-refractivity contribution >= 4 is 17.1 Å². The zero-order valence-corrected chi connectivity index (χ0v) is 15.8. The highest BCUT2D eigenvalue weighted by atomic mass is 15.1. The van der Waals surface area contributed by atoms with Gasteiger partial charge in [-0.2, -0.15) is 0 Å². The molecule has 0 bridgehead atoms. The fourth-order valence-electron chi connectivity index (χ4n) is 2.79. The van der Waals surface area contributed by atoms with Gasteiger partial charge >= 0.3 is 0 Å². The van der Waals surface area contributed by atoms with Crippen molar-refractivity contribution in [3.63, 3.8) is 0 Å². The molecule has 0 N–H and O–H groups in total. The van der Waals surface area contributed by atoms with Crippen molar-refractivity contribution in [2.45, 2.75) is 40.0 Å². The lowest BCUT2D eigenvalue weighted by molar-refractivity contribution is 0.733. The molecule has 0 aliphatic carbocycles. The lowest BCUT2D eigenvalue weighted by Gasteiger charge is -2.25. The van der Waals surface area contributed by atoms with E-state index in [9.17, 15) is 0 Å². The van der Waals surface area contributed by atoms with Gasteiger partial charge in [-0.1, -0.05) is 76.2 Å². The Morgan fingerprint density at radius 1 is 0.640 bits per heavy atom. The first-order chi connectivity index (χ1) is 12.3. The third-order valence-electron chi connectivity index (χ3n) is 4.36. The maximum atomic E-state index is 2.29. The van der Waals surface area contributed by atoms with Gasteiger partial charge in [0.2, 0.25) is 0 Å². The van der Waals surface area contributed by atoms with Crippen LogP contribution in [-0.4, -0.2) is 0 Å². The molecule has 130 valence electrons. The number of anilines is 3. The van der Waals surface area contributed by atoms with Gasteiger partial charge in [0.1, 0.15) is 0 Å². The molecule has 0 amide bonds. The summed E-state index contributed by atoms with van der Waals surface area (Å²) in [6, 6.07) is 30.0. The van der Waals surface area contributed by atoms with Crippen LogP contribution in [0.2, 0.25) is 0 Å². The van der Waals surface area contributed by atoms with E-state index in [1.165, 1.54) is 29.0 Å². The van der Waals surface area contributed by atoms with Crippen LogP contribution in [0.25, 0.3) is 0 Å². The Bertz CT molecular complexity index is 678. The second-order valence-corrected chi connectivity index (χ2v) is 5.91. The van der Waals surface area contributed by atoms with Crippen molar-refractivity contribution in [1.29, 1.82) is 0 Å². The molecule has 3 rings (SSSR count). The van der Waals surface area contributed by atoms with Crippen molar-refractivity contribution in [2.24, 2.45) is 0 Å². The third kappa shape index (κ3) is 4.73. The Kier molecular flexibility index (Phi) is 7.28. The molecule has 0 aromatic heterocycles. The second kappa shape index (κ2) is 9.68. The van der Waals surface area contributed by atoms with Crippen LogP contribution in [0.3, 0.4) is 0 Å². The Morgan fingerprint density at radius 2 is 1.04 bits per heavy atom. The Labute approximate surface area is 153 Å². The number of benzene rings is 3. The largest absolute Gasteiger partial charge is 0.311 e. The molecule has 0 fully saturated rings. The molecule has 0 saturated heterocycles. The summed E-state index contributed by atoms with van der Waals surface area (Å²) in [5.41, 5.74) is 4.94. The number of hydrogen-bond donors (Lipinski definition) is 0. The van der Waals surface area contributed by atoms with Gasteiger partial charge in [0, 0.05) is 17.1 Å². The smallest absolute Gasteiger partial charge is 0.0461 e. The van der Waals surface area contributed by atoms with E-state index in [0.717, 1.165) is 0 Å². The first-order valence-electron chi connectivity index (χ1n) is 9.29. The van der Waals surface area contributed by atoms with Crippen LogP contribution in [0.15, 0.2) is 84.9 Å². The summed E-state index contributed by atoms with van der Waals surface area (Å²) in [7, 11) is 0. The minimum atomic E-state index is 0.603. The molecule has 1 nitrogen and oxygen atoms in total. The van der Waals surface area contributed by atoms with E-state index in [1.54, 1.807) is 0 Å². The summed E-state index contributed by atoms with van der Waals surface area (Å²) in [6.07, 6.45) is 1.17. The summed E-state index contributed by atoms with van der Waals surface area (Å²) in [5, 5.41) is 0. The maximum absolute atomic E-state index is 2.29. The molecule has 0 radical (unpaired) electrons. The van der Waals surface area contributed by atoms with Crippen molar-refractivity contribution in [3.05, 3.63) is 90.5 Å². The maximum Gasteiger partial charge on any atom is 0.0461 e. The first kappa shape index (κ1) is 18.8. The molecule has 0 spiro atoms. The van der Waals surface area contributed by atoms with E-state index in [1.807, 2.05) is 13.8 Å². The molecule has 3 aromatic carbocycles. The highest BCUT2D eigenvalue weighted by molar-refractivity contribution is 5.76. The second-order valence-electron chi connectivity index (χ2n) is 5.91. The van der Waals surface area contributed by atoms with Crippen molar-refractivity contribution in [1.82, 2.24) is 0 Å². The van der Waals surface area contributed by atoms with Gasteiger partial charge in [0.05, 0.1) is 0 Å². The first-order valence-corrected chi connectivity index (χ1v) is 9.29. The van der Waals surface area contributed by atoms with Crippen LogP contribution in [0.4, 0.5) is 17.1 Å². The van der Waals surface area contributed by atoms with Gasteiger partial charge < -0.3 is 4.90 Å². The fraction of sp³-hybridized carbons (Fsp3) is 0.250. The quantitative estimate of drug-likeness (QED) is 0.463. The van der Waals surface area contributed by atoms with E-state index in [2.05, 4.69) is 104 Å². The minimum Gasteiger partial charge on any atom is -0.311 e. The van der Waals surface area contributed by atoms with E-state index in [-0.39, 0.29) is 0 Å². The van der Waals surface area contributed by atoms with E-state index >= 15 is 0 Å². The summed E-state index contributed by atoms with van der Waals surface area (Å²) >= 11 is 0. The van der Waals surface area contributed by atoms with Gasteiger partial charge in [-0.25, -0.2) is 0 Å². The van der Waals surface area contributed by atoms with Crippen LogP contribution in [0.5, 0.6) is 0 Å². The Morgan fingerprint density at radius 3 is 1.44 bits per heavy atom. The summed E-state index contributed by atoms with van der Waals surface area (Å²) in [5.74, 6) is 0.603. The zero-order chi connectivity index (χ0) is 18.1. The van der Waals surface area contributed by atoms with Gasteiger partial charge in [0.15, 0.2) is 0 Å². The highest BCUT2D eigenvalue weighted by Crippen LogP contribution is 2.34. The third-order valence-corrected chi connectivity index (χ3v) is 4.36. The van der Waals surface area contributed by atoms with E-state index < -0.39 is 0 Å². The fourth-order valence-corrected chi connectivity index (χ4v) is 2.79. The molecule has 0 aliphatic rings. The zero-order valence-electron chi connectivity index (χ0n) is 15.8. The molecule has 0 heterocycles. The Balaban J connectivity index is 0.00000109. The topological polar surface area (TPSA) is 3.24 Å². The van der Waals surface area contributed by atoms with Crippen LogP contribution in [-0.2, 0) is 0 Å². The normalized spacial score (nSPS) is 11.2. The molecule has 1 heteroatoms.